The number of fused-ring (bicyclic) bond motifs is 1. The number of anilines is 1. The summed E-state index contributed by atoms with van der Waals surface area (Å²) in [6.45, 7) is 8.16. The van der Waals surface area contributed by atoms with E-state index in [1.807, 2.05) is 50.2 Å². The number of benzene rings is 2. The summed E-state index contributed by atoms with van der Waals surface area (Å²) in [5, 5.41) is 0. The van der Waals surface area contributed by atoms with E-state index in [4.69, 9.17) is 14.2 Å². The first-order valence-electron chi connectivity index (χ1n) is 15.0. The molecule has 2 atom stereocenters. The van der Waals surface area contributed by atoms with Gasteiger partial charge >= 0.3 is 0 Å². The molecule has 39 heavy (non-hydrogen) atoms. The van der Waals surface area contributed by atoms with Crippen LogP contribution in [0.4, 0.5) is 5.69 Å². The Morgan fingerprint density at radius 2 is 1.69 bits per heavy atom. The van der Waals surface area contributed by atoms with E-state index in [2.05, 4.69) is 6.92 Å². The Balaban J connectivity index is 1.48. The van der Waals surface area contributed by atoms with E-state index in [1.165, 1.54) is 24.8 Å². The van der Waals surface area contributed by atoms with Gasteiger partial charge in [0.25, 0.3) is 10.0 Å². The summed E-state index contributed by atoms with van der Waals surface area (Å²) in [6.07, 6.45) is 9.57. The molecule has 1 saturated heterocycles. The maximum absolute atomic E-state index is 14.1. The van der Waals surface area contributed by atoms with Gasteiger partial charge in [0.1, 0.15) is 11.9 Å². The molecule has 2 aromatic carbocycles. The minimum atomic E-state index is -3.79. The quantitative estimate of drug-likeness (QED) is 0.331. The number of hydrogen-bond acceptors (Lipinski definition) is 5. The van der Waals surface area contributed by atoms with Crippen molar-refractivity contribution in [3.05, 3.63) is 53.6 Å². The molecule has 1 aliphatic carbocycles. The second kappa shape index (κ2) is 12.6. The average molecular weight is 556 g/mol. The van der Waals surface area contributed by atoms with E-state index < -0.39 is 10.0 Å². The molecule has 2 fully saturated rings. The fraction of sp³-hybridized carbons (Fsp3) is 0.625. The summed E-state index contributed by atoms with van der Waals surface area (Å²) < 4.78 is 48.8. The van der Waals surface area contributed by atoms with Gasteiger partial charge in [-0.3, -0.25) is 4.31 Å². The number of hydrogen-bond donors (Lipinski definition) is 0. The maximum Gasteiger partial charge on any atom is 0.264 e. The van der Waals surface area contributed by atoms with Crippen LogP contribution in [0.2, 0.25) is 0 Å². The van der Waals surface area contributed by atoms with E-state index in [9.17, 15) is 8.42 Å². The highest BCUT2D eigenvalue weighted by molar-refractivity contribution is 7.92. The molecule has 0 bridgehead atoms. The Labute approximate surface area is 235 Å². The summed E-state index contributed by atoms with van der Waals surface area (Å²) >= 11 is 0. The van der Waals surface area contributed by atoms with Crippen molar-refractivity contribution in [3.8, 4) is 5.75 Å². The Bertz CT molecular complexity index is 1180. The first-order valence-corrected chi connectivity index (χ1v) is 16.4. The van der Waals surface area contributed by atoms with Gasteiger partial charge < -0.3 is 14.2 Å². The lowest BCUT2D eigenvalue weighted by Crippen LogP contribution is -2.38. The highest BCUT2D eigenvalue weighted by Crippen LogP contribution is 2.44. The third-order valence-electron chi connectivity index (χ3n) is 8.51. The molecule has 0 N–H and O–H groups in total. The Kier molecular flexibility index (Phi) is 9.20. The summed E-state index contributed by atoms with van der Waals surface area (Å²) in [5.74, 6) is 1.37. The van der Waals surface area contributed by atoms with Gasteiger partial charge in [-0.1, -0.05) is 52.2 Å². The van der Waals surface area contributed by atoms with Gasteiger partial charge in [-0.05, 0) is 73.9 Å². The van der Waals surface area contributed by atoms with Crippen LogP contribution in [0.5, 0.6) is 5.75 Å². The molecule has 2 unspecified atom stereocenters. The molecule has 2 aromatic rings. The van der Waals surface area contributed by atoms with E-state index in [0.717, 1.165) is 63.1 Å². The van der Waals surface area contributed by atoms with E-state index in [-0.39, 0.29) is 24.2 Å². The molecule has 0 aromatic heterocycles. The number of ether oxygens (including phenoxy) is 3. The normalized spacial score (nSPS) is 22.9. The van der Waals surface area contributed by atoms with Crippen molar-refractivity contribution < 1.29 is 22.6 Å². The number of rotatable bonds is 9. The first kappa shape index (κ1) is 28.4. The zero-order valence-corrected chi connectivity index (χ0v) is 24.6. The highest BCUT2D eigenvalue weighted by atomic mass is 32.2. The van der Waals surface area contributed by atoms with Gasteiger partial charge in [0.05, 0.1) is 22.8 Å². The lowest BCUT2D eigenvalue weighted by Gasteiger charge is -2.39. The monoisotopic (exact) mass is 555 g/mol. The average Bonchev–Trinajstić information content (AvgIpc) is 2.96. The second-order valence-electron chi connectivity index (χ2n) is 11.9. The van der Waals surface area contributed by atoms with E-state index in [1.54, 1.807) is 10.4 Å². The molecule has 0 spiro atoms. The molecule has 6 nitrogen and oxygen atoms in total. The van der Waals surface area contributed by atoms with Crippen LogP contribution >= 0.6 is 0 Å². The number of sulfonamides is 1. The van der Waals surface area contributed by atoms with Crippen LogP contribution < -0.4 is 9.04 Å². The van der Waals surface area contributed by atoms with Crippen LogP contribution in [0.1, 0.15) is 89.4 Å². The lowest BCUT2D eigenvalue weighted by molar-refractivity contribution is -0.0769. The highest BCUT2D eigenvalue weighted by Gasteiger charge is 2.37. The van der Waals surface area contributed by atoms with Gasteiger partial charge in [-0.2, -0.15) is 0 Å². The topological polar surface area (TPSA) is 65.1 Å². The van der Waals surface area contributed by atoms with Crippen LogP contribution in [0.25, 0.3) is 0 Å². The molecule has 214 valence electrons. The summed E-state index contributed by atoms with van der Waals surface area (Å²) in [7, 11) is -3.79. The van der Waals surface area contributed by atoms with Crippen LogP contribution in [0.15, 0.2) is 47.4 Å². The van der Waals surface area contributed by atoms with Gasteiger partial charge in [0.15, 0.2) is 0 Å². The largest absolute Gasteiger partial charge is 0.490 e. The second-order valence-corrected chi connectivity index (χ2v) is 13.7. The van der Waals surface area contributed by atoms with Crippen molar-refractivity contribution in [2.45, 2.75) is 102 Å². The van der Waals surface area contributed by atoms with Gasteiger partial charge in [-0.25, -0.2) is 8.42 Å². The van der Waals surface area contributed by atoms with Crippen molar-refractivity contribution >= 4 is 15.7 Å². The predicted molar refractivity (Wildman–Crippen MR) is 155 cm³/mol. The minimum absolute atomic E-state index is 0.0620. The van der Waals surface area contributed by atoms with E-state index in [0.29, 0.717) is 23.0 Å². The SMILES string of the molecule is CCc1ccc(N(CC(C)C)S(=O)(=O)c2ccc3c(c2)C(OC2CCCCC2)CC(C2CCOCC2)O3)cc1. The zero-order valence-electron chi connectivity index (χ0n) is 23.8. The van der Waals surface area contributed by atoms with Gasteiger partial charge in [0.2, 0.25) is 0 Å². The van der Waals surface area contributed by atoms with Crippen molar-refractivity contribution in [3.63, 3.8) is 0 Å². The summed E-state index contributed by atoms with van der Waals surface area (Å²) in [4.78, 5) is 0.298. The summed E-state index contributed by atoms with van der Waals surface area (Å²) in [6, 6.07) is 13.3. The number of nitrogens with zero attached hydrogens (tertiary/aromatic N) is 1. The summed E-state index contributed by atoms with van der Waals surface area (Å²) in [5.41, 5.74) is 2.76. The molecule has 1 saturated carbocycles. The lowest BCUT2D eigenvalue weighted by atomic mass is 9.86. The smallest absolute Gasteiger partial charge is 0.264 e. The van der Waals surface area contributed by atoms with Crippen LogP contribution in [-0.4, -0.2) is 40.4 Å². The van der Waals surface area contributed by atoms with Crippen molar-refractivity contribution in [1.82, 2.24) is 0 Å². The Morgan fingerprint density at radius 1 is 0.974 bits per heavy atom. The predicted octanol–water partition coefficient (Wildman–Crippen LogP) is 7.07. The van der Waals surface area contributed by atoms with Crippen LogP contribution in [-0.2, 0) is 25.9 Å². The van der Waals surface area contributed by atoms with Crippen LogP contribution in [0, 0.1) is 11.8 Å². The van der Waals surface area contributed by atoms with Crippen molar-refractivity contribution in [2.75, 3.05) is 24.1 Å². The molecule has 2 aliphatic heterocycles. The third kappa shape index (κ3) is 6.63. The molecule has 0 amide bonds. The molecule has 2 heterocycles. The Morgan fingerprint density at radius 3 is 2.36 bits per heavy atom. The molecule has 5 rings (SSSR count). The van der Waals surface area contributed by atoms with Gasteiger partial charge in [0, 0.05) is 37.7 Å². The molecular formula is C32H45NO5S. The third-order valence-corrected chi connectivity index (χ3v) is 10.3. The Hall–Kier alpha value is -2.09. The standard InChI is InChI=1S/C32H45NO5S/c1-4-24-10-12-26(13-11-24)33(22-23(2)3)39(34,35)28-14-15-30-29(20-28)32(37-27-8-6-5-7-9-27)21-31(38-30)25-16-18-36-19-17-25/h10-15,20,23,25,27,31-32H,4-9,16-19,21-22H2,1-3H3. The molecule has 0 radical (unpaired) electrons. The molecule has 3 aliphatic rings. The minimum Gasteiger partial charge on any atom is -0.490 e. The fourth-order valence-corrected chi connectivity index (χ4v) is 7.90. The fourth-order valence-electron chi connectivity index (χ4n) is 6.23. The zero-order chi connectivity index (χ0) is 27.4. The number of aryl methyl sites for hydroxylation is 1. The molecule has 7 heteroatoms. The molecular weight excluding hydrogens is 510 g/mol. The van der Waals surface area contributed by atoms with E-state index >= 15 is 0 Å². The van der Waals surface area contributed by atoms with Crippen LogP contribution in [0.3, 0.4) is 0 Å². The first-order chi connectivity index (χ1) is 18.8. The van der Waals surface area contributed by atoms with Gasteiger partial charge in [-0.15, -0.1) is 0 Å². The van der Waals surface area contributed by atoms with Crippen molar-refractivity contribution in [1.29, 1.82) is 0 Å². The maximum atomic E-state index is 14.1. The van der Waals surface area contributed by atoms with Crippen molar-refractivity contribution in [2.24, 2.45) is 11.8 Å².